The third kappa shape index (κ3) is 6.74. The molecule has 0 unspecified atom stereocenters. The first kappa shape index (κ1) is 35.9. The molecule has 0 saturated carbocycles. The van der Waals surface area contributed by atoms with Crippen LogP contribution in [-0.2, 0) is 5.41 Å². The van der Waals surface area contributed by atoms with Gasteiger partial charge >= 0.3 is 0 Å². The number of rotatable bonds is 10. The fourth-order valence-corrected chi connectivity index (χ4v) is 10.9. The molecular weight excluding hydrogens is 847 g/mol. The highest BCUT2D eigenvalue weighted by Crippen LogP contribution is 2.56. The Kier molecular flexibility index (Phi) is 8.81. The molecule has 13 rings (SSSR count). The predicted octanol–water partition coefficient (Wildman–Crippen LogP) is 17.8. The number of aromatic nitrogens is 1. The molecule has 1 aromatic heterocycles. The van der Waals surface area contributed by atoms with E-state index in [4.69, 9.17) is 6.85 Å². The second-order valence-corrected chi connectivity index (χ2v) is 17.7. The molecule has 1 heterocycles. The molecule has 3 nitrogen and oxygen atoms in total. The second kappa shape index (κ2) is 17.2. The number of para-hydroxylation sites is 3. The minimum Gasteiger partial charge on any atom is -0.311 e. The Bertz CT molecular complexity index is 3990. The van der Waals surface area contributed by atoms with Crippen LogP contribution in [0.2, 0.25) is 0 Å². The molecule has 1 aliphatic rings. The zero-order chi connectivity index (χ0) is 50.8. The molecule has 70 heavy (non-hydrogen) atoms. The lowest BCUT2D eigenvalue weighted by molar-refractivity contribution is 0.770. The van der Waals surface area contributed by atoms with Crippen LogP contribution in [0.15, 0.2) is 285 Å². The van der Waals surface area contributed by atoms with Crippen LogP contribution in [0, 0.1) is 0 Å². The van der Waals surface area contributed by atoms with Crippen LogP contribution >= 0.6 is 0 Å². The van der Waals surface area contributed by atoms with Crippen molar-refractivity contribution >= 4 is 55.9 Å². The van der Waals surface area contributed by atoms with E-state index in [0.717, 1.165) is 61.2 Å². The maximum atomic E-state index is 9.14. The molecule has 11 aromatic carbocycles. The van der Waals surface area contributed by atoms with Gasteiger partial charge in [-0.15, -0.1) is 0 Å². The van der Waals surface area contributed by atoms with Gasteiger partial charge < -0.3 is 14.4 Å². The van der Waals surface area contributed by atoms with E-state index in [1.807, 2.05) is 78.9 Å². The quantitative estimate of drug-likeness (QED) is 0.135. The molecule has 0 fully saturated rings. The summed E-state index contributed by atoms with van der Waals surface area (Å²) in [6, 6.07) is 87.5. The van der Waals surface area contributed by atoms with Crippen LogP contribution in [-0.4, -0.2) is 4.57 Å². The number of fused-ring (bicyclic) bond motifs is 6. The van der Waals surface area contributed by atoms with Crippen molar-refractivity contribution < 1.29 is 6.85 Å². The SMILES string of the molecule is [2H]c1c([2H])c([2H])c(N(c2ccc(-c3ccccc3)cc2)c2ccc(-n3c4ccc(N(c5ccccc5)c5ccccc5)cc4c4cc(C5(c6ccccc6)c6ccccc6-c6ccccc65)ccc43)cc2)c([2H])c1[2H]. The third-order valence-corrected chi connectivity index (χ3v) is 13.9. The van der Waals surface area contributed by atoms with Gasteiger partial charge in [0, 0.05) is 50.6 Å². The van der Waals surface area contributed by atoms with Crippen LogP contribution in [0.3, 0.4) is 0 Å². The van der Waals surface area contributed by atoms with E-state index in [1.54, 1.807) is 4.90 Å². The van der Waals surface area contributed by atoms with Gasteiger partial charge in [0.1, 0.15) is 0 Å². The Labute approximate surface area is 416 Å². The van der Waals surface area contributed by atoms with E-state index in [-0.39, 0.29) is 17.8 Å². The Morgan fingerprint density at radius 3 is 1.37 bits per heavy atom. The monoisotopic (exact) mass is 898 g/mol. The summed E-state index contributed by atoms with van der Waals surface area (Å²) < 4.78 is 46.4. The van der Waals surface area contributed by atoms with Gasteiger partial charge in [0.2, 0.25) is 0 Å². The number of benzene rings is 11. The lowest BCUT2D eigenvalue weighted by Gasteiger charge is -2.34. The van der Waals surface area contributed by atoms with Gasteiger partial charge in [-0.1, -0.05) is 182 Å². The van der Waals surface area contributed by atoms with Crippen LogP contribution in [0.5, 0.6) is 0 Å². The van der Waals surface area contributed by atoms with Gasteiger partial charge in [-0.3, -0.25) is 0 Å². The fraction of sp³-hybridized carbons (Fsp3) is 0.0149. The average Bonchev–Trinajstić information content (AvgIpc) is 3.97. The number of hydrogen-bond donors (Lipinski definition) is 0. The van der Waals surface area contributed by atoms with Crippen LogP contribution in [0.1, 0.15) is 29.1 Å². The van der Waals surface area contributed by atoms with E-state index in [2.05, 4.69) is 185 Å². The zero-order valence-electron chi connectivity index (χ0n) is 43.1. The Morgan fingerprint density at radius 2 is 0.771 bits per heavy atom. The number of nitrogens with zero attached hydrogens (tertiary/aromatic N) is 3. The summed E-state index contributed by atoms with van der Waals surface area (Å²) in [5.41, 5.74) is 16.1. The molecule has 0 aliphatic heterocycles. The van der Waals surface area contributed by atoms with Gasteiger partial charge in [-0.2, -0.15) is 0 Å². The number of hydrogen-bond acceptors (Lipinski definition) is 2. The van der Waals surface area contributed by atoms with Crippen molar-refractivity contribution in [1.82, 2.24) is 4.57 Å². The maximum absolute atomic E-state index is 9.14. The zero-order valence-corrected chi connectivity index (χ0v) is 38.1. The van der Waals surface area contributed by atoms with Gasteiger partial charge in [0.05, 0.1) is 23.3 Å². The molecule has 0 radical (unpaired) electrons. The standard InChI is InChI=1S/C67H47N3/c1-6-20-48(21-7-1)49-34-37-55(38-35-49)68(52-24-10-3-11-25-52)56-39-41-57(42-40-56)70-65-44-36-51(67(50-22-8-2-9-23-50)63-32-18-16-30-59(63)60-31-17-19-33-64(60)67)46-61(65)62-47-58(43-45-66(62)70)69(53-26-12-4-13-27-53)54-28-14-5-15-29-54/h1-47H/i3D,10D,11D,24D,25D. The largest absolute Gasteiger partial charge is 0.311 e. The van der Waals surface area contributed by atoms with Crippen LogP contribution in [0.25, 0.3) is 49.7 Å². The first-order chi connectivity index (χ1) is 36.8. The van der Waals surface area contributed by atoms with Crippen molar-refractivity contribution in [3.05, 3.63) is 307 Å². The van der Waals surface area contributed by atoms with Gasteiger partial charge in [0.25, 0.3) is 0 Å². The molecule has 0 spiro atoms. The topological polar surface area (TPSA) is 11.4 Å². The molecular formula is C67H47N3. The molecule has 3 heteroatoms. The third-order valence-electron chi connectivity index (χ3n) is 13.9. The van der Waals surface area contributed by atoms with E-state index in [9.17, 15) is 0 Å². The Morgan fingerprint density at radius 1 is 0.329 bits per heavy atom. The molecule has 0 N–H and O–H groups in total. The first-order valence-corrected chi connectivity index (χ1v) is 23.7. The lowest BCUT2D eigenvalue weighted by atomic mass is 9.67. The normalized spacial score (nSPS) is 13.4. The summed E-state index contributed by atoms with van der Waals surface area (Å²) in [4.78, 5) is 4.07. The van der Waals surface area contributed by atoms with Crippen molar-refractivity contribution in [2.24, 2.45) is 0 Å². The van der Waals surface area contributed by atoms with E-state index < -0.39 is 23.5 Å². The summed E-state index contributed by atoms with van der Waals surface area (Å²) >= 11 is 0. The fourth-order valence-electron chi connectivity index (χ4n) is 10.9. The summed E-state index contributed by atoms with van der Waals surface area (Å²) in [7, 11) is 0. The molecule has 0 saturated heterocycles. The minimum absolute atomic E-state index is 0.0712. The van der Waals surface area contributed by atoms with Crippen LogP contribution < -0.4 is 9.80 Å². The maximum Gasteiger partial charge on any atom is 0.0713 e. The lowest BCUT2D eigenvalue weighted by Crippen LogP contribution is -2.28. The molecule has 330 valence electrons. The van der Waals surface area contributed by atoms with Crippen molar-refractivity contribution in [3.8, 4) is 27.9 Å². The number of anilines is 6. The highest BCUT2D eigenvalue weighted by atomic mass is 15.1. The van der Waals surface area contributed by atoms with Crippen molar-refractivity contribution in [1.29, 1.82) is 0 Å². The van der Waals surface area contributed by atoms with Crippen molar-refractivity contribution in [3.63, 3.8) is 0 Å². The average molecular weight is 899 g/mol. The molecule has 0 bridgehead atoms. The summed E-state index contributed by atoms with van der Waals surface area (Å²) in [6.45, 7) is 0. The summed E-state index contributed by atoms with van der Waals surface area (Å²) in [5, 5.41) is 2.17. The molecule has 12 aromatic rings. The Balaban J connectivity index is 1.03. The predicted molar refractivity (Wildman–Crippen MR) is 293 cm³/mol. The second-order valence-electron chi connectivity index (χ2n) is 17.7. The highest BCUT2D eigenvalue weighted by molar-refractivity contribution is 6.11. The molecule has 0 amide bonds. The van der Waals surface area contributed by atoms with Gasteiger partial charge in [-0.25, -0.2) is 0 Å². The van der Waals surface area contributed by atoms with E-state index >= 15 is 0 Å². The highest BCUT2D eigenvalue weighted by Gasteiger charge is 2.46. The van der Waals surface area contributed by atoms with Crippen molar-refractivity contribution in [2.75, 3.05) is 9.80 Å². The van der Waals surface area contributed by atoms with Crippen LogP contribution in [0.4, 0.5) is 34.1 Å². The first-order valence-electron chi connectivity index (χ1n) is 26.2. The van der Waals surface area contributed by atoms with E-state index in [1.165, 1.54) is 27.8 Å². The molecule has 1 aliphatic carbocycles. The summed E-state index contributed by atoms with van der Waals surface area (Å²) in [6.07, 6.45) is 0. The summed E-state index contributed by atoms with van der Waals surface area (Å²) in [5.74, 6) is 0. The van der Waals surface area contributed by atoms with Gasteiger partial charge in [-0.05, 0) is 148 Å². The van der Waals surface area contributed by atoms with E-state index in [0.29, 0.717) is 11.4 Å². The smallest absolute Gasteiger partial charge is 0.0713 e. The minimum atomic E-state index is -0.609. The Hall–Kier alpha value is -9.18. The van der Waals surface area contributed by atoms with Crippen molar-refractivity contribution in [2.45, 2.75) is 5.41 Å². The molecule has 0 atom stereocenters. The van der Waals surface area contributed by atoms with Gasteiger partial charge in [0.15, 0.2) is 0 Å².